The fourth-order valence-corrected chi connectivity index (χ4v) is 4.42. The van der Waals surface area contributed by atoms with Crippen LogP contribution in [-0.2, 0) is 14.6 Å². The normalized spacial score (nSPS) is 26.9. The standard InChI is InChI=1S/C12H20N2O5S/c1-8(11(15)16)9-5-14(6-9)12(17)13(2)10-3-4-20(18,19)7-10/h8-10H,3-7H2,1-2H3,(H,15,16). The maximum atomic E-state index is 12.2. The second-order valence-electron chi connectivity index (χ2n) is 5.74. The van der Waals surface area contributed by atoms with Gasteiger partial charge in [0.25, 0.3) is 0 Å². The molecule has 8 heteroatoms. The predicted octanol–water partition coefficient (Wildman–Crippen LogP) is -0.122. The van der Waals surface area contributed by atoms with Crippen molar-refractivity contribution in [3.8, 4) is 0 Å². The molecular weight excluding hydrogens is 284 g/mol. The molecule has 0 bridgehead atoms. The molecule has 0 aromatic carbocycles. The summed E-state index contributed by atoms with van der Waals surface area (Å²) < 4.78 is 22.8. The zero-order valence-electron chi connectivity index (χ0n) is 11.7. The maximum absolute atomic E-state index is 12.2. The Morgan fingerprint density at radius 1 is 1.35 bits per heavy atom. The van der Waals surface area contributed by atoms with E-state index >= 15 is 0 Å². The van der Waals surface area contributed by atoms with Gasteiger partial charge >= 0.3 is 12.0 Å². The van der Waals surface area contributed by atoms with Crippen molar-refractivity contribution in [1.82, 2.24) is 9.80 Å². The SMILES string of the molecule is CC(C(=O)O)C1CN(C(=O)N(C)C2CCS(=O)(=O)C2)C1. The van der Waals surface area contributed by atoms with Crippen LogP contribution in [0.5, 0.6) is 0 Å². The van der Waals surface area contributed by atoms with Gasteiger partial charge in [-0.05, 0) is 6.42 Å². The third-order valence-corrected chi connectivity index (χ3v) is 6.09. The minimum Gasteiger partial charge on any atom is -0.481 e. The molecule has 1 N–H and O–H groups in total. The molecule has 2 fully saturated rings. The summed E-state index contributed by atoms with van der Waals surface area (Å²) in [5.41, 5.74) is 0. The topological polar surface area (TPSA) is 95.0 Å². The van der Waals surface area contributed by atoms with Crippen molar-refractivity contribution < 1.29 is 23.1 Å². The third kappa shape index (κ3) is 2.89. The van der Waals surface area contributed by atoms with E-state index in [9.17, 15) is 18.0 Å². The molecule has 2 unspecified atom stereocenters. The Morgan fingerprint density at radius 2 is 1.95 bits per heavy atom. The van der Waals surface area contributed by atoms with Gasteiger partial charge in [0.2, 0.25) is 0 Å². The van der Waals surface area contributed by atoms with E-state index in [-0.39, 0.29) is 29.5 Å². The molecule has 0 radical (unpaired) electrons. The quantitative estimate of drug-likeness (QED) is 0.784. The number of hydrogen-bond acceptors (Lipinski definition) is 4. The van der Waals surface area contributed by atoms with Gasteiger partial charge in [0.1, 0.15) is 0 Å². The van der Waals surface area contributed by atoms with Gasteiger partial charge in [0.05, 0.1) is 17.4 Å². The fourth-order valence-electron chi connectivity index (χ4n) is 2.65. The Hall–Kier alpha value is -1.31. The molecule has 0 aliphatic carbocycles. The van der Waals surface area contributed by atoms with E-state index in [4.69, 9.17) is 5.11 Å². The van der Waals surface area contributed by atoms with Crippen LogP contribution >= 0.6 is 0 Å². The molecule has 114 valence electrons. The Bertz CT molecular complexity index is 512. The van der Waals surface area contributed by atoms with Crippen LogP contribution in [0.1, 0.15) is 13.3 Å². The van der Waals surface area contributed by atoms with Gasteiger partial charge in [-0.1, -0.05) is 6.92 Å². The molecule has 2 atom stereocenters. The number of sulfone groups is 1. The van der Waals surface area contributed by atoms with E-state index in [0.717, 1.165) is 0 Å². The first kappa shape index (κ1) is 15.1. The molecule has 0 saturated carbocycles. The van der Waals surface area contributed by atoms with E-state index in [2.05, 4.69) is 0 Å². The highest BCUT2D eigenvalue weighted by molar-refractivity contribution is 7.91. The lowest BCUT2D eigenvalue weighted by Crippen LogP contribution is -2.58. The number of nitrogens with zero attached hydrogens (tertiary/aromatic N) is 2. The fraction of sp³-hybridized carbons (Fsp3) is 0.833. The number of carboxylic acid groups (broad SMARTS) is 1. The highest BCUT2D eigenvalue weighted by Crippen LogP contribution is 2.26. The van der Waals surface area contributed by atoms with Gasteiger partial charge in [-0.3, -0.25) is 4.79 Å². The van der Waals surface area contributed by atoms with Crippen molar-refractivity contribution in [2.75, 3.05) is 31.6 Å². The lowest BCUT2D eigenvalue weighted by Gasteiger charge is -2.43. The van der Waals surface area contributed by atoms with E-state index in [1.54, 1.807) is 18.9 Å². The molecule has 7 nitrogen and oxygen atoms in total. The molecule has 0 aromatic heterocycles. The van der Waals surface area contributed by atoms with Crippen LogP contribution in [0.4, 0.5) is 4.79 Å². The summed E-state index contributed by atoms with van der Waals surface area (Å²) in [6.45, 7) is 2.49. The van der Waals surface area contributed by atoms with Crippen molar-refractivity contribution in [1.29, 1.82) is 0 Å². The molecule has 0 aromatic rings. The molecule has 2 heterocycles. The summed E-state index contributed by atoms with van der Waals surface area (Å²) in [5.74, 6) is -1.17. The number of aliphatic carboxylic acids is 1. The van der Waals surface area contributed by atoms with Crippen LogP contribution in [0.15, 0.2) is 0 Å². The van der Waals surface area contributed by atoms with Crippen LogP contribution in [0, 0.1) is 11.8 Å². The predicted molar refractivity (Wildman–Crippen MR) is 72.1 cm³/mol. The van der Waals surface area contributed by atoms with E-state index in [1.807, 2.05) is 0 Å². The summed E-state index contributed by atoms with van der Waals surface area (Å²) in [5, 5.41) is 8.90. The summed E-state index contributed by atoms with van der Waals surface area (Å²) >= 11 is 0. The first-order valence-electron chi connectivity index (χ1n) is 6.66. The van der Waals surface area contributed by atoms with Gasteiger partial charge in [0.15, 0.2) is 9.84 Å². The lowest BCUT2D eigenvalue weighted by molar-refractivity contribution is -0.144. The van der Waals surface area contributed by atoms with Gasteiger partial charge in [0, 0.05) is 32.1 Å². The number of hydrogen-bond donors (Lipinski definition) is 1. The monoisotopic (exact) mass is 304 g/mol. The number of carbonyl (C=O) groups is 2. The first-order valence-corrected chi connectivity index (χ1v) is 8.48. The van der Waals surface area contributed by atoms with Gasteiger partial charge in [-0.25, -0.2) is 13.2 Å². The highest BCUT2D eigenvalue weighted by Gasteiger charge is 2.40. The second kappa shape index (κ2) is 5.23. The Morgan fingerprint density at radius 3 is 2.40 bits per heavy atom. The molecule has 2 amide bonds. The van der Waals surface area contributed by atoms with Crippen LogP contribution in [-0.4, -0.2) is 73.0 Å². The average Bonchev–Trinajstić information content (AvgIpc) is 2.66. The molecule has 2 aliphatic rings. The summed E-state index contributed by atoms with van der Waals surface area (Å²) in [7, 11) is -1.40. The zero-order valence-corrected chi connectivity index (χ0v) is 12.5. The lowest BCUT2D eigenvalue weighted by atomic mass is 9.87. The van der Waals surface area contributed by atoms with E-state index in [1.165, 1.54) is 4.90 Å². The second-order valence-corrected chi connectivity index (χ2v) is 7.97. The zero-order chi connectivity index (χ0) is 15.1. The van der Waals surface area contributed by atoms with Gasteiger partial charge in [-0.2, -0.15) is 0 Å². The van der Waals surface area contributed by atoms with Crippen LogP contribution < -0.4 is 0 Å². The van der Waals surface area contributed by atoms with Crippen molar-refractivity contribution in [3.05, 3.63) is 0 Å². The van der Waals surface area contributed by atoms with E-state index < -0.39 is 21.7 Å². The molecule has 2 aliphatic heterocycles. The van der Waals surface area contributed by atoms with Crippen LogP contribution in [0.3, 0.4) is 0 Å². The number of rotatable bonds is 3. The van der Waals surface area contributed by atoms with Crippen LogP contribution in [0.2, 0.25) is 0 Å². The number of amides is 2. The van der Waals surface area contributed by atoms with E-state index in [0.29, 0.717) is 19.5 Å². The summed E-state index contributed by atoms with van der Waals surface area (Å²) in [4.78, 5) is 26.1. The number of urea groups is 1. The van der Waals surface area contributed by atoms with Crippen molar-refractivity contribution >= 4 is 21.8 Å². The Labute approximate surface area is 118 Å². The molecule has 2 saturated heterocycles. The number of carboxylic acids is 1. The minimum atomic E-state index is -3.01. The number of likely N-dealkylation sites (tertiary alicyclic amines) is 1. The molecule has 20 heavy (non-hydrogen) atoms. The average molecular weight is 304 g/mol. The van der Waals surface area contributed by atoms with Crippen molar-refractivity contribution in [3.63, 3.8) is 0 Å². The maximum Gasteiger partial charge on any atom is 0.320 e. The minimum absolute atomic E-state index is 0.0165. The van der Waals surface area contributed by atoms with Gasteiger partial charge in [-0.15, -0.1) is 0 Å². The van der Waals surface area contributed by atoms with Gasteiger partial charge < -0.3 is 14.9 Å². The Balaban J connectivity index is 1.86. The Kier molecular flexibility index (Phi) is 3.95. The molecule has 2 rings (SSSR count). The summed E-state index contributed by atoms with van der Waals surface area (Å²) in [6, 6.07) is -0.468. The molecule has 0 spiro atoms. The first-order chi connectivity index (χ1) is 9.21. The van der Waals surface area contributed by atoms with Crippen molar-refractivity contribution in [2.24, 2.45) is 11.8 Å². The smallest absolute Gasteiger partial charge is 0.320 e. The third-order valence-electron chi connectivity index (χ3n) is 4.33. The van der Waals surface area contributed by atoms with Crippen molar-refractivity contribution in [2.45, 2.75) is 19.4 Å². The highest BCUT2D eigenvalue weighted by atomic mass is 32.2. The number of carbonyl (C=O) groups excluding carboxylic acids is 1. The summed E-state index contributed by atoms with van der Waals surface area (Å²) in [6.07, 6.45) is 0.480. The van der Waals surface area contributed by atoms with Crippen LogP contribution in [0.25, 0.3) is 0 Å². The largest absolute Gasteiger partial charge is 0.481 e. The molecular formula is C12H20N2O5S.